The van der Waals surface area contributed by atoms with Crippen molar-refractivity contribution < 1.29 is 9.53 Å². The van der Waals surface area contributed by atoms with Crippen LogP contribution in [0, 0.1) is 0 Å². The molecule has 1 amide bonds. The Hall–Kier alpha value is -2.25. The number of H-pyrrole nitrogens is 1. The zero-order valence-electron chi connectivity index (χ0n) is 13.8. The average Bonchev–Trinajstić information content (AvgIpc) is 2.62. The monoisotopic (exact) mass is 330 g/mol. The van der Waals surface area contributed by atoms with E-state index in [-0.39, 0.29) is 11.5 Å². The molecule has 1 aromatic heterocycles. The van der Waals surface area contributed by atoms with Crippen LogP contribution < -0.4 is 5.56 Å². The third-order valence-electron chi connectivity index (χ3n) is 4.21. The van der Waals surface area contributed by atoms with Crippen LogP contribution in [0.5, 0.6) is 0 Å². The lowest BCUT2D eigenvalue weighted by Gasteiger charge is -2.29. The van der Waals surface area contributed by atoms with Gasteiger partial charge >= 0.3 is 0 Å². The quantitative estimate of drug-likeness (QED) is 0.869. The summed E-state index contributed by atoms with van der Waals surface area (Å²) in [5.41, 5.74) is 0.526. The molecule has 0 bridgehead atoms. The zero-order chi connectivity index (χ0) is 16.9. The number of fused-ring (bicyclic) bond motifs is 1. The molecule has 1 fully saturated rings. The molecule has 0 radical (unpaired) electrons. The standard InChI is InChI=1S/C17H22N4O3/c1-2-20(12-16(22)21-7-9-24-10-8-21)11-15-18-14-6-4-3-5-13(14)17(23)19-15/h3-6H,2,7-12H2,1H3,(H,18,19,23). The number of hydrogen-bond acceptors (Lipinski definition) is 5. The number of aromatic amines is 1. The summed E-state index contributed by atoms with van der Waals surface area (Å²) in [7, 11) is 0. The van der Waals surface area contributed by atoms with Gasteiger partial charge in [-0.2, -0.15) is 0 Å². The van der Waals surface area contributed by atoms with Crippen molar-refractivity contribution in [2.45, 2.75) is 13.5 Å². The van der Waals surface area contributed by atoms with E-state index in [0.29, 0.717) is 62.7 Å². The SMILES string of the molecule is CCN(CC(=O)N1CCOCC1)Cc1nc2ccccc2c(=O)[nH]1. The van der Waals surface area contributed by atoms with Crippen molar-refractivity contribution in [3.05, 3.63) is 40.4 Å². The lowest BCUT2D eigenvalue weighted by Crippen LogP contribution is -2.45. The molecule has 1 aromatic carbocycles. The van der Waals surface area contributed by atoms with Crippen molar-refractivity contribution in [1.29, 1.82) is 0 Å². The Morgan fingerprint density at radius 3 is 2.83 bits per heavy atom. The number of morpholine rings is 1. The number of ether oxygens (including phenoxy) is 1. The first-order chi connectivity index (χ1) is 11.7. The van der Waals surface area contributed by atoms with E-state index in [1.54, 1.807) is 6.07 Å². The van der Waals surface area contributed by atoms with Gasteiger partial charge in [0.15, 0.2) is 0 Å². The summed E-state index contributed by atoms with van der Waals surface area (Å²) >= 11 is 0. The highest BCUT2D eigenvalue weighted by Gasteiger charge is 2.19. The van der Waals surface area contributed by atoms with Crippen LogP contribution in [-0.2, 0) is 16.1 Å². The van der Waals surface area contributed by atoms with Crippen molar-refractivity contribution in [2.75, 3.05) is 39.4 Å². The number of benzene rings is 1. The highest BCUT2D eigenvalue weighted by atomic mass is 16.5. The van der Waals surface area contributed by atoms with Crippen LogP contribution >= 0.6 is 0 Å². The number of likely N-dealkylation sites (N-methyl/N-ethyl adjacent to an activating group) is 1. The second-order valence-corrected chi connectivity index (χ2v) is 5.83. The number of nitrogens with zero attached hydrogens (tertiary/aromatic N) is 3. The second kappa shape index (κ2) is 7.55. The number of carbonyl (C=O) groups is 1. The number of nitrogens with one attached hydrogen (secondary N) is 1. The first-order valence-electron chi connectivity index (χ1n) is 8.23. The molecule has 1 aliphatic heterocycles. The predicted molar refractivity (Wildman–Crippen MR) is 90.7 cm³/mol. The van der Waals surface area contributed by atoms with E-state index in [2.05, 4.69) is 9.97 Å². The summed E-state index contributed by atoms with van der Waals surface area (Å²) in [6.45, 7) is 5.91. The van der Waals surface area contributed by atoms with E-state index in [4.69, 9.17) is 4.74 Å². The predicted octanol–water partition coefficient (Wildman–Crippen LogP) is 0.604. The van der Waals surface area contributed by atoms with Gasteiger partial charge < -0.3 is 14.6 Å². The maximum absolute atomic E-state index is 12.4. The van der Waals surface area contributed by atoms with E-state index in [9.17, 15) is 9.59 Å². The zero-order valence-corrected chi connectivity index (χ0v) is 13.8. The number of para-hydroxylation sites is 1. The molecular weight excluding hydrogens is 308 g/mol. The number of amides is 1. The van der Waals surface area contributed by atoms with Gasteiger partial charge in [-0.1, -0.05) is 19.1 Å². The van der Waals surface area contributed by atoms with E-state index in [1.165, 1.54) is 0 Å². The molecule has 0 atom stereocenters. The summed E-state index contributed by atoms with van der Waals surface area (Å²) in [6.07, 6.45) is 0. The summed E-state index contributed by atoms with van der Waals surface area (Å²) in [5, 5.41) is 0.577. The third-order valence-corrected chi connectivity index (χ3v) is 4.21. The summed E-state index contributed by atoms with van der Waals surface area (Å²) in [6, 6.07) is 7.25. The van der Waals surface area contributed by atoms with Gasteiger partial charge in [-0.25, -0.2) is 4.98 Å². The van der Waals surface area contributed by atoms with Gasteiger partial charge in [-0.05, 0) is 18.7 Å². The molecule has 24 heavy (non-hydrogen) atoms. The molecule has 3 rings (SSSR count). The minimum absolute atomic E-state index is 0.0864. The molecule has 1 N–H and O–H groups in total. The number of carbonyl (C=O) groups excluding carboxylic acids is 1. The maximum Gasteiger partial charge on any atom is 0.258 e. The molecule has 1 aliphatic rings. The molecule has 0 unspecified atom stereocenters. The van der Waals surface area contributed by atoms with Crippen LogP contribution in [0.4, 0.5) is 0 Å². The molecular formula is C17H22N4O3. The molecule has 128 valence electrons. The third kappa shape index (κ3) is 3.80. The van der Waals surface area contributed by atoms with Crippen LogP contribution in [0.25, 0.3) is 10.9 Å². The van der Waals surface area contributed by atoms with Crippen molar-refractivity contribution in [2.24, 2.45) is 0 Å². The van der Waals surface area contributed by atoms with E-state index < -0.39 is 0 Å². The minimum Gasteiger partial charge on any atom is -0.378 e. The number of rotatable bonds is 5. The normalized spacial score (nSPS) is 15.2. The lowest BCUT2D eigenvalue weighted by atomic mass is 10.2. The molecule has 7 heteroatoms. The Morgan fingerprint density at radius 2 is 2.08 bits per heavy atom. The fourth-order valence-corrected chi connectivity index (χ4v) is 2.81. The van der Waals surface area contributed by atoms with Crippen LogP contribution in [0.1, 0.15) is 12.7 Å². The van der Waals surface area contributed by atoms with Crippen molar-refractivity contribution >= 4 is 16.8 Å². The van der Waals surface area contributed by atoms with E-state index >= 15 is 0 Å². The molecule has 0 aliphatic carbocycles. The molecule has 7 nitrogen and oxygen atoms in total. The first kappa shape index (κ1) is 16.6. The summed E-state index contributed by atoms with van der Waals surface area (Å²) in [4.78, 5) is 35.6. The average molecular weight is 330 g/mol. The van der Waals surface area contributed by atoms with Gasteiger partial charge in [0.2, 0.25) is 5.91 Å². The Balaban J connectivity index is 1.70. The van der Waals surface area contributed by atoms with E-state index in [0.717, 1.165) is 0 Å². The fourth-order valence-electron chi connectivity index (χ4n) is 2.81. The molecule has 2 aromatic rings. The van der Waals surface area contributed by atoms with Gasteiger partial charge in [0.25, 0.3) is 5.56 Å². The topological polar surface area (TPSA) is 78.5 Å². The van der Waals surface area contributed by atoms with Gasteiger partial charge in [0.1, 0.15) is 5.82 Å². The number of aromatic nitrogens is 2. The smallest absolute Gasteiger partial charge is 0.258 e. The van der Waals surface area contributed by atoms with Crippen LogP contribution in [0.15, 0.2) is 29.1 Å². The second-order valence-electron chi connectivity index (χ2n) is 5.83. The van der Waals surface area contributed by atoms with Gasteiger partial charge in [0, 0.05) is 13.1 Å². The van der Waals surface area contributed by atoms with Crippen molar-refractivity contribution in [3.8, 4) is 0 Å². The van der Waals surface area contributed by atoms with Gasteiger partial charge in [-0.3, -0.25) is 14.5 Å². The Labute approximate surface area is 140 Å². The van der Waals surface area contributed by atoms with Crippen molar-refractivity contribution in [3.63, 3.8) is 0 Å². The summed E-state index contributed by atoms with van der Waals surface area (Å²) < 4.78 is 5.27. The Kier molecular flexibility index (Phi) is 5.22. The molecule has 0 saturated carbocycles. The van der Waals surface area contributed by atoms with E-state index in [1.807, 2.05) is 34.9 Å². The lowest BCUT2D eigenvalue weighted by molar-refractivity contribution is -0.136. The highest BCUT2D eigenvalue weighted by molar-refractivity contribution is 5.78. The van der Waals surface area contributed by atoms with Crippen molar-refractivity contribution in [1.82, 2.24) is 19.8 Å². The molecule has 2 heterocycles. The fraction of sp³-hybridized carbons (Fsp3) is 0.471. The van der Waals surface area contributed by atoms with Crippen LogP contribution in [-0.4, -0.2) is 65.1 Å². The number of hydrogen-bond donors (Lipinski definition) is 1. The van der Waals surface area contributed by atoms with Gasteiger partial charge in [-0.15, -0.1) is 0 Å². The summed E-state index contributed by atoms with van der Waals surface area (Å²) in [5.74, 6) is 0.665. The van der Waals surface area contributed by atoms with Crippen LogP contribution in [0.2, 0.25) is 0 Å². The minimum atomic E-state index is -0.147. The first-order valence-corrected chi connectivity index (χ1v) is 8.23. The van der Waals surface area contributed by atoms with Crippen LogP contribution in [0.3, 0.4) is 0 Å². The largest absolute Gasteiger partial charge is 0.378 e. The Bertz CT molecular complexity index is 768. The Morgan fingerprint density at radius 1 is 1.33 bits per heavy atom. The molecule has 0 spiro atoms. The highest BCUT2D eigenvalue weighted by Crippen LogP contribution is 2.08. The molecule has 1 saturated heterocycles. The van der Waals surface area contributed by atoms with Gasteiger partial charge in [0.05, 0.1) is 37.2 Å². The maximum atomic E-state index is 12.4.